The lowest BCUT2D eigenvalue weighted by Gasteiger charge is -2.20. The van der Waals surface area contributed by atoms with Crippen LogP contribution in [0.3, 0.4) is 0 Å². The first-order valence-electron chi connectivity index (χ1n) is 11.2. The van der Waals surface area contributed by atoms with E-state index in [-0.39, 0.29) is 12.2 Å². The zero-order chi connectivity index (χ0) is 25.9. The second-order valence-electron chi connectivity index (χ2n) is 8.53. The van der Waals surface area contributed by atoms with Crippen molar-refractivity contribution in [3.63, 3.8) is 0 Å². The SMILES string of the molecule is Cc1ccc(Cn2c(-c3ccc(Oc4ccccc4)cc3)cc(C(F)(F)CF)c(C#N)c2=O)c(C)c1. The standard InChI is InChI=1S/C29H23F3N2O2/c1-19-8-9-22(20(2)14-19)17-34-27(15-26(29(31,32)18-30)25(16-33)28(34)35)21-10-12-24(13-11-21)36-23-6-4-3-5-7-23/h3-15H,17-18H2,1-2H3. The summed E-state index contributed by atoms with van der Waals surface area (Å²) in [6.45, 7) is 1.86. The van der Waals surface area contributed by atoms with E-state index < -0.39 is 29.3 Å². The maximum atomic E-state index is 14.5. The average Bonchev–Trinajstić information content (AvgIpc) is 2.87. The molecule has 7 heteroatoms. The molecular formula is C29H23F3N2O2. The Kier molecular flexibility index (Phi) is 6.98. The summed E-state index contributed by atoms with van der Waals surface area (Å²) in [5.74, 6) is -2.84. The monoisotopic (exact) mass is 488 g/mol. The highest BCUT2D eigenvalue weighted by molar-refractivity contribution is 5.64. The zero-order valence-corrected chi connectivity index (χ0v) is 19.8. The van der Waals surface area contributed by atoms with Crippen LogP contribution >= 0.6 is 0 Å². The van der Waals surface area contributed by atoms with Crippen molar-refractivity contribution < 1.29 is 17.9 Å². The fourth-order valence-corrected chi connectivity index (χ4v) is 4.02. The molecule has 4 aromatic rings. The highest BCUT2D eigenvalue weighted by atomic mass is 19.3. The number of pyridine rings is 1. The number of benzene rings is 3. The first-order valence-corrected chi connectivity index (χ1v) is 11.2. The van der Waals surface area contributed by atoms with Crippen molar-refractivity contribution in [1.29, 1.82) is 5.26 Å². The van der Waals surface area contributed by atoms with E-state index in [0.717, 1.165) is 22.8 Å². The van der Waals surface area contributed by atoms with Gasteiger partial charge in [0.15, 0.2) is 6.67 Å². The summed E-state index contributed by atoms with van der Waals surface area (Å²) >= 11 is 0. The summed E-state index contributed by atoms with van der Waals surface area (Å²) in [5, 5.41) is 9.54. The van der Waals surface area contributed by atoms with Gasteiger partial charge >= 0.3 is 5.92 Å². The van der Waals surface area contributed by atoms with Crippen LogP contribution in [-0.2, 0) is 12.5 Å². The summed E-state index contributed by atoms with van der Waals surface area (Å²) in [7, 11) is 0. The number of para-hydroxylation sites is 1. The molecule has 36 heavy (non-hydrogen) atoms. The second-order valence-corrected chi connectivity index (χ2v) is 8.53. The molecular weight excluding hydrogens is 465 g/mol. The molecule has 0 N–H and O–H groups in total. The van der Waals surface area contributed by atoms with Gasteiger partial charge in [-0.05, 0) is 73.0 Å². The number of rotatable bonds is 7. The van der Waals surface area contributed by atoms with E-state index in [0.29, 0.717) is 17.1 Å². The summed E-state index contributed by atoms with van der Waals surface area (Å²) in [6.07, 6.45) is 0. The minimum absolute atomic E-state index is 0.0543. The Bertz CT molecular complexity index is 1490. The number of halogens is 3. The number of hydrogen-bond acceptors (Lipinski definition) is 3. The average molecular weight is 489 g/mol. The van der Waals surface area contributed by atoms with E-state index in [1.165, 1.54) is 4.57 Å². The number of nitrogens with zero attached hydrogens (tertiary/aromatic N) is 2. The van der Waals surface area contributed by atoms with Crippen LogP contribution in [0.15, 0.2) is 83.7 Å². The lowest BCUT2D eigenvalue weighted by molar-refractivity contribution is -0.0285. The number of nitriles is 1. The molecule has 0 aliphatic rings. The van der Waals surface area contributed by atoms with E-state index in [4.69, 9.17) is 4.74 Å². The maximum Gasteiger partial charge on any atom is 0.302 e. The first kappa shape index (κ1) is 24.8. The third-order valence-electron chi connectivity index (χ3n) is 5.93. The molecule has 0 spiro atoms. The van der Waals surface area contributed by atoms with Gasteiger partial charge in [0, 0.05) is 5.56 Å². The molecule has 3 aromatic carbocycles. The minimum atomic E-state index is -3.98. The lowest BCUT2D eigenvalue weighted by Crippen LogP contribution is -2.30. The minimum Gasteiger partial charge on any atom is -0.457 e. The predicted molar refractivity (Wildman–Crippen MR) is 132 cm³/mol. The molecule has 0 aliphatic heterocycles. The van der Waals surface area contributed by atoms with Crippen molar-refractivity contribution in [3.05, 3.63) is 117 Å². The van der Waals surface area contributed by atoms with Gasteiger partial charge in [0.25, 0.3) is 5.56 Å². The van der Waals surface area contributed by atoms with E-state index in [1.807, 2.05) is 50.2 Å². The van der Waals surface area contributed by atoms with Crippen LogP contribution in [0.25, 0.3) is 11.3 Å². The highest BCUT2D eigenvalue weighted by Crippen LogP contribution is 2.34. The van der Waals surface area contributed by atoms with Crippen molar-refractivity contribution in [2.45, 2.75) is 26.3 Å². The summed E-state index contributed by atoms with van der Waals surface area (Å²) < 4.78 is 49.3. The summed E-state index contributed by atoms with van der Waals surface area (Å²) in [6, 6.07) is 24.0. The van der Waals surface area contributed by atoms with Crippen molar-refractivity contribution in [2.75, 3.05) is 6.67 Å². The molecule has 0 unspecified atom stereocenters. The predicted octanol–water partition coefficient (Wildman–Crippen LogP) is 6.91. The van der Waals surface area contributed by atoms with Crippen LogP contribution in [0.5, 0.6) is 11.5 Å². The van der Waals surface area contributed by atoms with Gasteiger partial charge in [0.05, 0.1) is 12.2 Å². The molecule has 4 rings (SSSR count). The third kappa shape index (κ3) is 5.03. The third-order valence-corrected chi connectivity index (χ3v) is 5.93. The second kappa shape index (κ2) is 10.1. The Labute approximate surface area is 206 Å². The summed E-state index contributed by atoms with van der Waals surface area (Å²) in [4.78, 5) is 13.3. The molecule has 0 saturated heterocycles. The van der Waals surface area contributed by atoms with Gasteiger partial charge in [0.2, 0.25) is 0 Å². The highest BCUT2D eigenvalue weighted by Gasteiger charge is 2.37. The Morgan fingerprint density at radius 2 is 1.61 bits per heavy atom. The fraction of sp³-hybridized carbons (Fsp3) is 0.172. The summed E-state index contributed by atoms with van der Waals surface area (Å²) in [5.41, 5.74) is 0.740. The largest absolute Gasteiger partial charge is 0.457 e. The molecule has 0 fully saturated rings. The Balaban J connectivity index is 1.86. The number of aromatic nitrogens is 1. The number of hydrogen-bond donors (Lipinski definition) is 0. The van der Waals surface area contributed by atoms with Crippen LogP contribution < -0.4 is 10.3 Å². The van der Waals surface area contributed by atoms with Crippen LogP contribution in [-0.4, -0.2) is 11.2 Å². The van der Waals surface area contributed by atoms with Crippen LogP contribution in [0.4, 0.5) is 13.2 Å². The topological polar surface area (TPSA) is 55.0 Å². The molecule has 1 heterocycles. The van der Waals surface area contributed by atoms with Crippen LogP contribution in [0.2, 0.25) is 0 Å². The fourth-order valence-electron chi connectivity index (χ4n) is 4.02. The van der Waals surface area contributed by atoms with Crippen molar-refractivity contribution >= 4 is 0 Å². The van der Waals surface area contributed by atoms with Gasteiger partial charge in [0.1, 0.15) is 23.1 Å². The molecule has 0 amide bonds. The quantitative estimate of drug-likeness (QED) is 0.284. The van der Waals surface area contributed by atoms with E-state index in [1.54, 1.807) is 42.5 Å². The van der Waals surface area contributed by atoms with Gasteiger partial charge in [-0.15, -0.1) is 0 Å². The number of ether oxygens (including phenoxy) is 1. The molecule has 182 valence electrons. The van der Waals surface area contributed by atoms with Gasteiger partial charge in [-0.3, -0.25) is 4.79 Å². The molecule has 0 atom stereocenters. The van der Waals surface area contributed by atoms with E-state index in [2.05, 4.69) is 0 Å². The Morgan fingerprint density at radius 1 is 0.944 bits per heavy atom. The first-order chi connectivity index (χ1) is 17.2. The number of aryl methyl sites for hydroxylation is 2. The van der Waals surface area contributed by atoms with Gasteiger partial charge in [-0.1, -0.05) is 42.0 Å². The molecule has 4 nitrogen and oxygen atoms in total. The van der Waals surface area contributed by atoms with Crippen LogP contribution in [0.1, 0.15) is 27.8 Å². The number of alkyl halides is 3. The van der Waals surface area contributed by atoms with Gasteiger partial charge < -0.3 is 9.30 Å². The van der Waals surface area contributed by atoms with E-state index >= 15 is 0 Å². The van der Waals surface area contributed by atoms with Crippen molar-refractivity contribution in [1.82, 2.24) is 4.57 Å². The normalized spacial score (nSPS) is 11.2. The zero-order valence-electron chi connectivity index (χ0n) is 19.8. The van der Waals surface area contributed by atoms with Crippen molar-refractivity contribution in [2.24, 2.45) is 0 Å². The smallest absolute Gasteiger partial charge is 0.302 e. The van der Waals surface area contributed by atoms with E-state index in [9.17, 15) is 23.2 Å². The maximum absolute atomic E-state index is 14.5. The molecule has 0 bridgehead atoms. The van der Waals surface area contributed by atoms with Gasteiger partial charge in [-0.2, -0.15) is 14.0 Å². The lowest BCUT2D eigenvalue weighted by atomic mass is 9.99. The Hall–Kier alpha value is -4.31. The van der Waals surface area contributed by atoms with Gasteiger partial charge in [-0.25, -0.2) is 4.39 Å². The molecule has 0 saturated carbocycles. The molecule has 0 radical (unpaired) electrons. The van der Waals surface area contributed by atoms with Crippen LogP contribution in [0, 0.1) is 25.2 Å². The Morgan fingerprint density at radius 3 is 2.22 bits per heavy atom. The molecule has 0 aliphatic carbocycles. The van der Waals surface area contributed by atoms with Crippen molar-refractivity contribution in [3.8, 4) is 28.8 Å². The molecule has 1 aromatic heterocycles.